The van der Waals surface area contributed by atoms with Crippen molar-refractivity contribution in [3.8, 4) is 5.75 Å². The molecule has 2 aliphatic rings. The summed E-state index contributed by atoms with van der Waals surface area (Å²) in [7, 11) is 0. The maximum Gasteiger partial charge on any atom is 0.115 e. The third-order valence-corrected chi connectivity index (χ3v) is 7.41. The zero-order chi connectivity index (χ0) is 23.1. The Bertz CT molecular complexity index is 1340. The smallest absolute Gasteiger partial charge is 0.115 e. The predicted molar refractivity (Wildman–Crippen MR) is 142 cm³/mol. The van der Waals surface area contributed by atoms with Gasteiger partial charge in [0, 0.05) is 23.3 Å². The molecule has 2 unspecified atom stereocenters. The Kier molecular flexibility index (Phi) is 5.22. The highest BCUT2D eigenvalue weighted by molar-refractivity contribution is 5.92. The molecular weight excluding hydrogens is 414 g/mol. The lowest BCUT2D eigenvalue weighted by atomic mass is 9.93. The molecule has 0 bridgehead atoms. The molecule has 1 aliphatic heterocycles. The molecule has 168 valence electrons. The molecule has 1 saturated carbocycles. The van der Waals surface area contributed by atoms with Crippen molar-refractivity contribution in [2.24, 2.45) is 0 Å². The zero-order valence-electron chi connectivity index (χ0n) is 19.5. The molecule has 1 N–H and O–H groups in total. The van der Waals surface area contributed by atoms with Gasteiger partial charge < -0.3 is 10.0 Å². The van der Waals surface area contributed by atoms with Crippen molar-refractivity contribution in [1.29, 1.82) is 0 Å². The van der Waals surface area contributed by atoms with Crippen LogP contribution < -0.4 is 4.90 Å². The van der Waals surface area contributed by atoms with Crippen molar-refractivity contribution < 1.29 is 5.11 Å². The SMILES string of the molecule is Cc1ccc(N2c3ccc(/C=C(/c4ccccc4)c4ccc(O)cc4)cc3C3CCCC32)cc1. The van der Waals surface area contributed by atoms with Crippen LogP contribution in [-0.2, 0) is 0 Å². The summed E-state index contributed by atoms with van der Waals surface area (Å²) in [5.74, 6) is 0.885. The van der Waals surface area contributed by atoms with Crippen molar-refractivity contribution in [1.82, 2.24) is 0 Å². The molecule has 0 amide bonds. The predicted octanol–water partition coefficient (Wildman–Crippen LogP) is 8.08. The normalized spacial score (nSPS) is 19.2. The Hall–Kier alpha value is -3.78. The molecule has 4 aromatic rings. The average Bonchev–Trinajstić information content (AvgIpc) is 3.46. The first-order chi connectivity index (χ1) is 16.7. The number of phenols is 1. The number of nitrogens with zero attached hydrogens (tertiary/aromatic N) is 1. The molecule has 34 heavy (non-hydrogen) atoms. The van der Waals surface area contributed by atoms with Crippen molar-refractivity contribution in [2.45, 2.75) is 38.1 Å². The van der Waals surface area contributed by atoms with Gasteiger partial charge >= 0.3 is 0 Å². The van der Waals surface area contributed by atoms with E-state index in [9.17, 15) is 5.11 Å². The van der Waals surface area contributed by atoms with E-state index in [2.05, 4.69) is 84.6 Å². The standard InChI is InChI=1S/C32H29NO/c1-22-10-15-26(16-11-22)33-31-9-5-8-28(31)30-21-23(12-19-32(30)33)20-29(24-6-3-2-4-7-24)25-13-17-27(34)18-14-25/h2-4,6-7,10-21,28,31,34H,5,8-9H2,1H3/b29-20-. The van der Waals surface area contributed by atoms with Crippen LogP contribution in [0.3, 0.4) is 0 Å². The third-order valence-electron chi connectivity index (χ3n) is 7.41. The molecule has 0 saturated heterocycles. The van der Waals surface area contributed by atoms with Gasteiger partial charge in [0.05, 0.1) is 0 Å². The minimum Gasteiger partial charge on any atom is -0.508 e. The molecule has 2 atom stereocenters. The molecule has 0 radical (unpaired) electrons. The van der Waals surface area contributed by atoms with Crippen molar-refractivity contribution >= 4 is 23.0 Å². The molecule has 1 heterocycles. The molecule has 6 rings (SSSR count). The van der Waals surface area contributed by atoms with E-state index in [-0.39, 0.29) is 5.75 Å². The second-order valence-corrected chi connectivity index (χ2v) is 9.60. The molecule has 0 aromatic heterocycles. The van der Waals surface area contributed by atoms with E-state index >= 15 is 0 Å². The highest BCUT2D eigenvalue weighted by atomic mass is 16.3. The first kappa shape index (κ1) is 20.8. The Morgan fingerprint density at radius 2 is 1.56 bits per heavy atom. The maximum absolute atomic E-state index is 9.80. The molecule has 2 nitrogen and oxygen atoms in total. The summed E-state index contributed by atoms with van der Waals surface area (Å²) in [4.78, 5) is 2.58. The third kappa shape index (κ3) is 3.70. The summed E-state index contributed by atoms with van der Waals surface area (Å²) < 4.78 is 0. The van der Waals surface area contributed by atoms with Crippen LogP contribution in [-0.4, -0.2) is 11.1 Å². The van der Waals surface area contributed by atoms with E-state index in [0.29, 0.717) is 12.0 Å². The number of benzene rings is 4. The zero-order valence-corrected chi connectivity index (χ0v) is 19.5. The lowest BCUT2D eigenvalue weighted by Gasteiger charge is -2.27. The Balaban J connectivity index is 1.44. The van der Waals surface area contributed by atoms with Gasteiger partial charge in [-0.15, -0.1) is 0 Å². The number of aromatic hydroxyl groups is 1. The van der Waals surface area contributed by atoms with Gasteiger partial charge in [-0.25, -0.2) is 0 Å². The number of aryl methyl sites for hydroxylation is 1. The van der Waals surface area contributed by atoms with Crippen LogP contribution in [0, 0.1) is 6.92 Å². The summed E-state index contributed by atoms with van der Waals surface area (Å²) in [6.07, 6.45) is 6.10. The van der Waals surface area contributed by atoms with E-state index in [1.54, 1.807) is 12.1 Å². The van der Waals surface area contributed by atoms with E-state index < -0.39 is 0 Å². The van der Waals surface area contributed by atoms with Gasteiger partial charge in [-0.1, -0.05) is 72.6 Å². The minimum absolute atomic E-state index is 0.289. The fourth-order valence-corrected chi connectivity index (χ4v) is 5.76. The number of rotatable bonds is 4. The van der Waals surface area contributed by atoms with Crippen LogP contribution in [0.25, 0.3) is 11.6 Å². The number of phenolic OH excluding ortho intramolecular Hbond substituents is 1. The maximum atomic E-state index is 9.80. The van der Waals surface area contributed by atoms with Crippen LogP contribution in [0.4, 0.5) is 11.4 Å². The summed E-state index contributed by atoms with van der Waals surface area (Å²) in [6.45, 7) is 2.15. The van der Waals surface area contributed by atoms with Gasteiger partial charge in [-0.2, -0.15) is 0 Å². The summed E-state index contributed by atoms with van der Waals surface area (Å²) in [5, 5.41) is 9.80. The lowest BCUT2D eigenvalue weighted by molar-refractivity contribution is 0.475. The van der Waals surface area contributed by atoms with Gasteiger partial charge in [0.1, 0.15) is 5.75 Å². The monoisotopic (exact) mass is 443 g/mol. The molecular formula is C32H29NO. The minimum atomic E-state index is 0.289. The van der Waals surface area contributed by atoms with Crippen LogP contribution in [0.1, 0.15) is 53.0 Å². The number of fused-ring (bicyclic) bond motifs is 3. The highest BCUT2D eigenvalue weighted by Crippen LogP contribution is 2.52. The summed E-state index contributed by atoms with van der Waals surface area (Å²) >= 11 is 0. The van der Waals surface area contributed by atoms with Crippen molar-refractivity contribution in [3.63, 3.8) is 0 Å². The van der Waals surface area contributed by atoms with E-state index in [4.69, 9.17) is 0 Å². The van der Waals surface area contributed by atoms with E-state index in [0.717, 1.165) is 11.1 Å². The fraction of sp³-hybridized carbons (Fsp3) is 0.188. The van der Waals surface area contributed by atoms with E-state index in [1.165, 1.54) is 52.9 Å². The summed E-state index contributed by atoms with van der Waals surface area (Å²) in [5.41, 5.74) is 10.1. The molecule has 2 heteroatoms. The Morgan fingerprint density at radius 3 is 2.32 bits per heavy atom. The lowest BCUT2D eigenvalue weighted by Crippen LogP contribution is -2.26. The molecule has 0 spiro atoms. The van der Waals surface area contributed by atoms with Crippen LogP contribution >= 0.6 is 0 Å². The number of hydrogen-bond acceptors (Lipinski definition) is 2. The van der Waals surface area contributed by atoms with Crippen LogP contribution in [0.2, 0.25) is 0 Å². The molecule has 1 fully saturated rings. The largest absolute Gasteiger partial charge is 0.508 e. The fourth-order valence-electron chi connectivity index (χ4n) is 5.76. The van der Waals surface area contributed by atoms with Gasteiger partial charge in [0.15, 0.2) is 0 Å². The first-order valence-electron chi connectivity index (χ1n) is 12.2. The van der Waals surface area contributed by atoms with Gasteiger partial charge in [0.25, 0.3) is 0 Å². The summed E-state index contributed by atoms with van der Waals surface area (Å²) in [6, 6.07) is 34.5. The molecule has 1 aliphatic carbocycles. The number of hydrogen-bond donors (Lipinski definition) is 1. The molecule has 4 aromatic carbocycles. The van der Waals surface area contributed by atoms with Crippen molar-refractivity contribution in [3.05, 3.63) is 125 Å². The van der Waals surface area contributed by atoms with Crippen LogP contribution in [0.15, 0.2) is 97.1 Å². The van der Waals surface area contributed by atoms with Crippen molar-refractivity contribution in [2.75, 3.05) is 4.90 Å². The van der Waals surface area contributed by atoms with Crippen LogP contribution in [0.5, 0.6) is 5.75 Å². The topological polar surface area (TPSA) is 23.5 Å². The van der Waals surface area contributed by atoms with Gasteiger partial charge in [-0.3, -0.25) is 0 Å². The average molecular weight is 444 g/mol. The second kappa shape index (κ2) is 8.53. The van der Waals surface area contributed by atoms with Gasteiger partial charge in [-0.05, 0) is 90.1 Å². The Morgan fingerprint density at radius 1 is 0.824 bits per heavy atom. The first-order valence-corrected chi connectivity index (χ1v) is 12.2. The van der Waals surface area contributed by atoms with E-state index in [1.807, 2.05) is 18.2 Å². The quantitative estimate of drug-likeness (QED) is 0.322. The Labute approximate surface area is 201 Å². The number of anilines is 2. The van der Waals surface area contributed by atoms with Gasteiger partial charge in [0.2, 0.25) is 0 Å². The highest BCUT2D eigenvalue weighted by Gasteiger charge is 2.42. The second-order valence-electron chi connectivity index (χ2n) is 9.60.